The molecule has 9 saturated heterocycles. The number of carbonyl (C=O) groups is 6. The van der Waals surface area contributed by atoms with E-state index in [0.717, 1.165) is 18.2 Å². The molecule has 25 nitrogen and oxygen atoms in total. The standard InChI is InChI=1S/2C12H11F3O8S.C12H11NO8S/c1-2-6(16)20-4-7(17)22-8-5-3-11(12(13,14)15)10(21-5)9(8)23-24(11,18)19;1-2-4(16)20-3-5(17)21-8-7-6(12(13,14)15)11-10(22-7)9(8)23-24(11,18)19;1-2-7(14)18-4-8(15)20-9-6-3-12(5-13)11(19-6)10(9)21-22(12,16)17/h2,5,8-10H,1,3-4H2;2,6-11H,1,3H2;2,6,9-11H,1,3-4H2. The van der Waals surface area contributed by atoms with Crippen molar-refractivity contribution in [3.8, 4) is 6.07 Å². The lowest BCUT2D eigenvalue weighted by Crippen LogP contribution is -2.57. The molecule has 6 bridgehead atoms. The van der Waals surface area contributed by atoms with Crippen LogP contribution in [0.15, 0.2) is 38.0 Å². The second-order valence-electron chi connectivity index (χ2n) is 16.0. The van der Waals surface area contributed by atoms with Gasteiger partial charge in [0.15, 0.2) is 38.1 Å². The molecule has 0 aromatic rings. The van der Waals surface area contributed by atoms with E-state index in [1.807, 2.05) is 0 Å². The monoisotopic (exact) mass is 1070 g/mol. The van der Waals surface area contributed by atoms with Crippen LogP contribution in [0, 0.1) is 17.2 Å². The topological polar surface area (TPSA) is 339 Å². The van der Waals surface area contributed by atoms with Gasteiger partial charge in [0.05, 0.1) is 12.2 Å². The lowest BCUT2D eigenvalue weighted by molar-refractivity contribution is -0.201. The maximum absolute atomic E-state index is 13.3. The van der Waals surface area contributed by atoms with Gasteiger partial charge in [-0.1, -0.05) is 19.7 Å². The minimum atomic E-state index is -5.09. The fraction of sp³-hybridized carbons (Fsp3) is 0.639. The number of nitriles is 1. The van der Waals surface area contributed by atoms with Crippen LogP contribution in [0.25, 0.3) is 0 Å². The molecule has 0 aromatic heterocycles. The van der Waals surface area contributed by atoms with Gasteiger partial charge in [-0.2, -0.15) is 56.9 Å². The first-order valence-electron chi connectivity index (χ1n) is 19.7. The summed E-state index contributed by atoms with van der Waals surface area (Å²) in [5.74, 6) is -8.07. The van der Waals surface area contributed by atoms with Crippen molar-refractivity contribution in [2.45, 2.75) is 113 Å². The second-order valence-corrected chi connectivity index (χ2v) is 21.3. The molecule has 0 aliphatic carbocycles. The zero-order valence-electron chi connectivity index (χ0n) is 34.7. The smallest absolute Gasteiger partial charge is 0.413 e. The normalized spacial score (nSPS) is 39.2. The number of hydrogen-bond acceptors (Lipinski definition) is 25. The molecule has 0 N–H and O–H groups in total. The van der Waals surface area contributed by atoms with Crippen molar-refractivity contribution < 1.29 is 136 Å². The fourth-order valence-electron chi connectivity index (χ4n) is 9.35. The number of halogens is 6. The summed E-state index contributed by atoms with van der Waals surface area (Å²) in [6, 6.07) is 1.75. The summed E-state index contributed by atoms with van der Waals surface area (Å²) >= 11 is 0. The zero-order chi connectivity index (χ0) is 51.9. The van der Waals surface area contributed by atoms with Gasteiger partial charge < -0.3 is 42.6 Å². The molecular formula is C36H33F6NO24S3. The Hall–Kier alpha value is -5.28. The average molecular weight is 1070 g/mol. The maximum atomic E-state index is 13.3. The Morgan fingerprint density at radius 3 is 1.50 bits per heavy atom. The molecule has 9 heterocycles. The summed E-state index contributed by atoms with van der Waals surface area (Å²) in [7, 11) is -13.6. The second kappa shape index (κ2) is 18.1. The van der Waals surface area contributed by atoms with Gasteiger partial charge in [0.1, 0.15) is 60.0 Å². The molecule has 70 heavy (non-hydrogen) atoms. The van der Waals surface area contributed by atoms with Crippen molar-refractivity contribution in [2.24, 2.45) is 5.92 Å². The number of nitrogens with zero attached hydrogens (tertiary/aromatic N) is 1. The van der Waals surface area contributed by atoms with Gasteiger partial charge >= 0.3 is 48.2 Å². The van der Waals surface area contributed by atoms with Crippen LogP contribution in [-0.2, 0) is 114 Å². The van der Waals surface area contributed by atoms with Crippen LogP contribution in [0.2, 0.25) is 0 Å². The van der Waals surface area contributed by atoms with Crippen LogP contribution in [0.4, 0.5) is 26.3 Å². The molecule has 0 amide bonds. The van der Waals surface area contributed by atoms with E-state index in [9.17, 15) is 85.6 Å². The molecule has 0 radical (unpaired) electrons. The van der Waals surface area contributed by atoms with Crippen LogP contribution >= 0.6 is 0 Å². The highest BCUT2D eigenvalue weighted by atomic mass is 32.2. The molecule has 0 spiro atoms. The van der Waals surface area contributed by atoms with E-state index in [2.05, 4.69) is 42.3 Å². The van der Waals surface area contributed by atoms with Crippen LogP contribution in [0.5, 0.6) is 0 Å². The zero-order valence-corrected chi connectivity index (χ0v) is 37.2. The third-order valence-corrected chi connectivity index (χ3v) is 17.7. The van der Waals surface area contributed by atoms with Gasteiger partial charge in [-0.05, 0) is 0 Å². The Kier molecular flexibility index (Phi) is 13.6. The predicted octanol–water partition coefficient (Wildman–Crippen LogP) is -1.70. The molecule has 16 unspecified atom stereocenters. The molecule has 9 rings (SSSR count). The van der Waals surface area contributed by atoms with Gasteiger partial charge in [-0.3, -0.25) is 12.5 Å². The van der Waals surface area contributed by atoms with Crippen LogP contribution in [0.3, 0.4) is 0 Å². The highest BCUT2D eigenvalue weighted by Gasteiger charge is 2.85. The number of fused-ring (bicyclic) bond motifs is 3. The van der Waals surface area contributed by atoms with Crippen LogP contribution in [0.1, 0.15) is 12.8 Å². The van der Waals surface area contributed by atoms with E-state index in [1.165, 1.54) is 0 Å². The van der Waals surface area contributed by atoms with Gasteiger partial charge in [0, 0.05) is 31.1 Å². The summed E-state index contributed by atoms with van der Waals surface area (Å²) < 4.78 is 204. The molecule has 9 fully saturated rings. The Labute approximate surface area is 389 Å². The van der Waals surface area contributed by atoms with Gasteiger partial charge in [0.2, 0.25) is 9.49 Å². The lowest BCUT2D eigenvalue weighted by atomic mass is 9.84. The number of esters is 6. The van der Waals surface area contributed by atoms with Crippen molar-refractivity contribution >= 4 is 66.2 Å². The van der Waals surface area contributed by atoms with Crippen molar-refractivity contribution in [3.05, 3.63) is 38.0 Å². The van der Waals surface area contributed by atoms with Crippen LogP contribution in [-0.4, -0.2) is 181 Å². The number of ether oxygens (including phenoxy) is 9. The number of rotatable bonds is 12. The fourth-order valence-corrected chi connectivity index (χ4v) is 14.7. The SMILES string of the molecule is C=CC(=O)OCC(=O)OC1C2CC3(C#N)C(O2)C1OS3(=O)=O.C=CC(=O)OCC(=O)OC1C2CC3(C(F)(F)F)C(O2)C1OS3(=O)=O.C=CC(=O)OCC(=O)OC1C2OS(=O)(=O)C3C2OC1C3C(F)(F)F. The summed E-state index contributed by atoms with van der Waals surface area (Å²) in [6.45, 7) is 7.08. The summed E-state index contributed by atoms with van der Waals surface area (Å²) in [4.78, 5) is 67.4. The van der Waals surface area contributed by atoms with E-state index in [1.54, 1.807) is 6.07 Å². The Balaban J connectivity index is 0.000000155. The number of hydrogen-bond donors (Lipinski definition) is 0. The van der Waals surface area contributed by atoms with Crippen molar-refractivity contribution in [3.63, 3.8) is 0 Å². The quantitative estimate of drug-likeness (QED) is 0.0691. The first-order valence-corrected chi connectivity index (χ1v) is 24.0. The molecule has 16 atom stereocenters. The van der Waals surface area contributed by atoms with Crippen molar-refractivity contribution in [2.75, 3.05) is 19.8 Å². The van der Waals surface area contributed by atoms with Gasteiger partial charge in [-0.25, -0.2) is 28.8 Å². The highest BCUT2D eigenvalue weighted by Crippen LogP contribution is 2.61. The largest absolute Gasteiger partial charge is 0.454 e. The average Bonchev–Trinajstić information content (AvgIpc) is 4.16. The van der Waals surface area contributed by atoms with E-state index in [-0.39, 0.29) is 6.42 Å². The minimum Gasteiger partial charge on any atom is -0.454 e. The summed E-state index contributed by atoms with van der Waals surface area (Å²) in [5, 5.41) is 7.30. The highest BCUT2D eigenvalue weighted by molar-refractivity contribution is 7.89. The van der Waals surface area contributed by atoms with Gasteiger partial charge in [-0.15, -0.1) is 0 Å². The van der Waals surface area contributed by atoms with Crippen molar-refractivity contribution in [1.29, 1.82) is 5.26 Å². The first kappa shape index (κ1) is 52.5. The molecule has 34 heteroatoms. The Bertz CT molecular complexity index is 2660. The third kappa shape index (κ3) is 8.60. The molecule has 386 valence electrons. The third-order valence-electron chi connectivity index (χ3n) is 12.2. The van der Waals surface area contributed by atoms with Gasteiger partial charge in [0.25, 0.3) is 30.4 Å². The number of alkyl halides is 6. The maximum Gasteiger partial charge on any atom is 0.413 e. The molecule has 9 aliphatic rings. The van der Waals surface area contributed by atoms with E-state index >= 15 is 0 Å². The van der Waals surface area contributed by atoms with E-state index in [4.69, 9.17) is 32.6 Å². The summed E-state index contributed by atoms with van der Waals surface area (Å²) in [6.07, 6.45) is -24.3. The lowest BCUT2D eigenvalue weighted by Gasteiger charge is -2.30. The van der Waals surface area contributed by atoms with Crippen molar-refractivity contribution in [1.82, 2.24) is 0 Å². The molecule has 9 aliphatic heterocycles. The molecule has 0 saturated carbocycles. The van der Waals surface area contributed by atoms with E-state index in [0.29, 0.717) is 0 Å². The first-order chi connectivity index (χ1) is 32.4. The Morgan fingerprint density at radius 1 is 0.600 bits per heavy atom. The molecule has 0 aromatic carbocycles. The van der Waals surface area contributed by atoms with E-state index < -0.39 is 199 Å². The molecular weight excluding hydrogens is 1040 g/mol. The summed E-state index contributed by atoms with van der Waals surface area (Å²) in [5.41, 5.74) is 0. The predicted molar refractivity (Wildman–Crippen MR) is 200 cm³/mol. The number of carbonyl (C=O) groups excluding carboxylic acids is 6. The Morgan fingerprint density at radius 2 is 1.04 bits per heavy atom. The van der Waals surface area contributed by atoms with Crippen LogP contribution < -0.4 is 0 Å². The minimum absolute atomic E-state index is 0.128.